The smallest absolute Gasteiger partial charge is 0.141 e. The molecule has 8 rings (SSSR count). The largest absolute Gasteiger partial charge is 0.456 e. The van der Waals surface area contributed by atoms with Gasteiger partial charge in [0.05, 0.1) is 0 Å². The highest BCUT2D eigenvalue weighted by atomic mass is 16.5. The summed E-state index contributed by atoms with van der Waals surface area (Å²) < 4.78 is 19.5. The van der Waals surface area contributed by atoms with Gasteiger partial charge in [-0.2, -0.15) is 0 Å². The summed E-state index contributed by atoms with van der Waals surface area (Å²) in [6.07, 6.45) is 26.1. The van der Waals surface area contributed by atoms with E-state index in [9.17, 15) is 0 Å². The van der Waals surface area contributed by atoms with Crippen molar-refractivity contribution in [3.8, 4) is 34.5 Å². The maximum absolute atomic E-state index is 6.86. The second-order valence-corrected chi connectivity index (χ2v) is 14.4. The maximum atomic E-state index is 6.86. The lowest BCUT2D eigenvalue weighted by atomic mass is 9.75. The van der Waals surface area contributed by atoms with E-state index in [1.54, 1.807) is 0 Å². The van der Waals surface area contributed by atoms with Crippen LogP contribution in [0.3, 0.4) is 0 Å². The number of hydrogen-bond acceptors (Lipinski definition) is 3. The molecule has 0 amide bonds. The molecule has 0 unspecified atom stereocenters. The molecule has 3 nitrogen and oxygen atoms in total. The van der Waals surface area contributed by atoms with Crippen molar-refractivity contribution in [2.24, 2.45) is 11.8 Å². The van der Waals surface area contributed by atoms with Gasteiger partial charge in [0.25, 0.3) is 0 Å². The van der Waals surface area contributed by atoms with E-state index in [2.05, 4.69) is 39.8 Å². The van der Waals surface area contributed by atoms with Crippen LogP contribution in [0.2, 0.25) is 0 Å². The minimum Gasteiger partial charge on any atom is -0.456 e. The third kappa shape index (κ3) is 6.48. The first-order chi connectivity index (χ1) is 21.1. The van der Waals surface area contributed by atoms with Gasteiger partial charge >= 0.3 is 0 Å². The van der Waals surface area contributed by atoms with E-state index >= 15 is 0 Å². The average molecular weight is 587 g/mol. The second kappa shape index (κ2) is 14.3. The molecule has 0 saturated heterocycles. The number of ether oxygens (including phenoxy) is 3. The fraction of sp³-hybridized carbons (Fsp3) is 0.700. The summed E-state index contributed by atoms with van der Waals surface area (Å²) >= 11 is 0. The zero-order valence-electron chi connectivity index (χ0n) is 27.8. The Kier molecular flexibility index (Phi) is 10.3. The van der Waals surface area contributed by atoms with Gasteiger partial charge in [-0.15, -0.1) is 0 Å². The van der Waals surface area contributed by atoms with Gasteiger partial charge < -0.3 is 14.2 Å². The third-order valence-corrected chi connectivity index (χ3v) is 11.3. The lowest BCUT2D eigenvalue weighted by Crippen LogP contribution is -2.20. The third-order valence-electron chi connectivity index (χ3n) is 11.3. The van der Waals surface area contributed by atoms with Crippen molar-refractivity contribution in [3.63, 3.8) is 0 Å². The predicted molar refractivity (Wildman–Crippen MR) is 179 cm³/mol. The number of fused-ring (bicyclic) bond motifs is 4. The molecule has 0 radical (unpaired) electrons. The van der Waals surface area contributed by atoms with Crippen molar-refractivity contribution < 1.29 is 14.2 Å². The molecule has 0 N–H and O–H groups in total. The Morgan fingerprint density at radius 2 is 0.977 bits per heavy atom. The van der Waals surface area contributed by atoms with Gasteiger partial charge in [0, 0.05) is 34.4 Å². The standard InChI is InChI=1S/C40H58O3/c1-5-9-11-15-27-17-21-29(22-18-27)37-35-25-33(31(13-7-3)39(37)42-35)41-34-26-36-38(40(43-36)32(34)14-8-4)30-23-19-28(20-24-30)16-12-10-6-2/h25-30H,5-24H2,1-4H3. The Morgan fingerprint density at radius 1 is 0.558 bits per heavy atom. The van der Waals surface area contributed by atoms with Crippen LogP contribution < -0.4 is 14.2 Å². The topological polar surface area (TPSA) is 27.7 Å². The van der Waals surface area contributed by atoms with E-state index in [0.717, 1.165) is 72.0 Å². The molecule has 0 aromatic heterocycles. The Labute approximate surface area is 262 Å². The van der Waals surface area contributed by atoms with E-state index < -0.39 is 0 Å². The van der Waals surface area contributed by atoms with Gasteiger partial charge in [0.1, 0.15) is 34.5 Å². The monoisotopic (exact) mass is 586 g/mol. The van der Waals surface area contributed by atoms with E-state index in [0.29, 0.717) is 11.8 Å². The highest BCUT2D eigenvalue weighted by Gasteiger charge is 2.38. The Morgan fingerprint density at radius 3 is 1.35 bits per heavy atom. The minimum atomic E-state index is 0.660. The summed E-state index contributed by atoms with van der Waals surface area (Å²) in [4.78, 5) is 0. The van der Waals surface area contributed by atoms with E-state index in [4.69, 9.17) is 14.2 Å². The van der Waals surface area contributed by atoms with Crippen LogP contribution >= 0.6 is 0 Å². The molecule has 2 fully saturated rings. The average Bonchev–Trinajstić information content (AvgIpc) is 3.00. The molecule has 4 heterocycles. The van der Waals surface area contributed by atoms with Crippen LogP contribution in [0.4, 0.5) is 0 Å². The Balaban J connectivity index is 1.16. The van der Waals surface area contributed by atoms with Gasteiger partial charge in [-0.05, 0) is 87.9 Å². The number of unbranched alkanes of at least 4 members (excludes halogenated alkanes) is 4. The van der Waals surface area contributed by atoms with Crippen LogP contribution in [-0.2, 0) is 12.8 Å². The summed E-state index contributed by atoms with van der Waals surface area (Å²) in [6, 6.07) is 4.46. The predicted octanol–water partition coefficient (Wildman–Crippen LogP) is 13.3. The summed E-state index contributed by atoms with van der Waals surface area (Å²) in [5, 5.41) is 0. The lowest BCUT2D eigenvalue weighted by molar-refractivity contribution is 0.282. The van der Waals surface area contributed by atoms with E-state index in [1.807, 2.05) is 0 Å². The quantitative estimate of drug-likeness (QED) is 0.122. The van der Waals surface area contributed by atoms with Gasteiger partial charge in [0.2, 0.25) is 0 Å². The molecule has 4 aliphatic heterocycles. The van der Waals surface area contributed by atoms with Gasteiger partial charge in [0.15, 0.2) is 0 Å². The summed E-state index contributed by atoms with van der Waals surface area (Å²) in [5.41, 5.74) is 5.59. The molecule has 0 atom stereocenters. The maximum Gasteiger partial charge on any atom is 0.141 e. The van der Waals surface area contributed by atoms with Crippen molar-refractivity contribution in [1.29, 1.82) is 0 Å². The van der Waals surface area contributed by atoms with Crippen LogP contribution in [0.25, 0.3) is 0 Å². The zero-order valence-corrected chi connectivity index (χ0v) is 27.8. The van der Waals surface area contributed by atoms with Crippen LogP contribution in [0.1, 0.15) is 177 Å². The van der Waals surface area contributed by atoms with Gasteiger partial charge in [-0.25, -0.2) is 0 Å². The normalized spacial score (nSPS) is 23.6. The molecule has 4 bridgehead atoms. The van der Waals surface area contributed by atoms with Crippen molar-refractivity contribution in [2.75, 3.05) is 0 Å². The van der Waals surface area contributed by atoms with Crippen molar-refractivity contribution in [2.45, 2.75) is 168 Å². The first-order valence-corrected chi connectivity index (χ1v) is 18.6. The van der Waals surface area contributed by atoms with Gasteiger partial charge in [-0.1, -0.05) is 91.9 Å². The van der Waals surface area contributed by atoms with E-state index in [-0.39, 0.29) is 0 Å². The van der Waals surface area contributed by atoms with Crippen molar-refractivity contribution >= 4 is 0 Å². The summed E-state index contributed by atoms with van der Waals surface area (Å²) in [7, 11) is 0. The van der Waals surface area contributed by atoms with E-state index in [1.165, 1.54) is 125 Å². The first kappa shape index (κ1) is 30.8. The first-order valence-electron chi connectivity index (χ1n) is 18.6. The lowest BCUT2D eigenvalue weighted by Gasteiger charge is -2.38. The zero-order chi connectivity index (χ0) is 29.8. The second-order valence-electron chi connectivity index (χ2n) is 14.4. The Bertz CT molecular complexity index is 1130. The minimum absolute atomic E-state index is 0.660. The Hall–Kier alpha value is -2.16. The molecule has 0 spiro atoms. The van der Waals surface area contributed by atoms with Crippen LogP contribution in [-0.4, -0.2) is 0 Å². The molecule has 2 saturated carbocycles. The molecule has 3 heteroatoms. The summed E-state index contributed by atoms with van der Waals surface area (Å²) in [6.45, 7) is 9.16. The van der Waals surface area contributed by atoms with Crippen molar-refractivity contribution in [1.82, 2.24) is 0 Å². The SMILES string of the molecule is CCCCCC1CCC(c2c3cc(Oc4cc5c(C6CCC(CCCCC)CC6)c(c4CCC)O5)c(CCC)c2O3)CC1. The highest BCUT2D eigenvalue weighted by molar-refractivity contribution is 5.70. The molecule has 2 aromatic rings. The molecule has 6 aliphatic rings. The van der Waals surface area contributed by atoms with Gasteiger partial charge in [-0.3, -0.25) is 0 Å². The van der Waals surface area contributed by atoms with Crippen molar-refractivity contribution in [3.05, 3.63) is 34.4 Å². The molecular weight excluding hydrogens is 528 g/mol. The number of hydrogen-bond donors (Lipinski definition) is 0. The molecule has 2 aromatic carbocycles. The van der Waals surface area contributed by atoms with Crippen LogP contribution in [0.5, 0.6) is 34.5 Å². The number of rotatable bonds is 16. The molecule has 2 aliphatic carbocycles. The molecule has 236 valence electrons. The van der Waals surface area contributed by atoms with Crippen LogP contribution in [0, 0.1) is 11.8 Å². The summed E-state index contributed by atoms with van der Waals surface area (Å²) in [5.74, 6) is 9.70. The fourth-order valence-electron chi connectivity index (χ4n) is 8.76. The van der Waals surface area contributed by atoms with Crippen LogP contribution in [0.15, 0.2) is 12.1 Å². The molecular formula is C40H58O3. The number of benzene rings is 2. The highest BCUT2D eigenvalue weighted by Crippen LogP contribution is 2.60. The molecule has 43 heavy (non-hydrogen) atoms. The fourth-order valence-corrected chi connectivity index (χ4v) is 8.76.